The molecule has 1 aliphatic heterocycles. The van der Waals surface area contributed by atoms with Crippen LogP contribution < -0.4 is 30.2 Å². The molecule has 236 valence electrons. The molecular weight excluding hydrogens is 618 g/mol. The molecule has 0 fully saturated rings. The van der Waals surface area contributed by atoms with Gasteiger partial charge in [-0.15, -0.1) is 11.8 Å². The van der Waals surface area contributed by atoms with Gasteiger partial charge in [-0.1, -0.05) is 30.3 Å². The third-order valence-electron chi connectivity index (χ3n) is 6.95. The number of nitrogens with one attached hydrogen (secondary N) is 3. The van der Waals surface area contributed by atoms with Crippen LogP contribution in [0.3, 0.4) is 0 Å². The first kappa shape index (κ1) is 31.1. The average molecular weight is 648 g/mol. The Hall–Kier alpha value is -5.94. The Bertz CT molecular complexity index is 1940. The lowest BCUT2D eigenvalue weighted by atomic mass is 10.1. The van der Waals surface area contributed by atoms with Crippen LogP contribution in [0.15, 0.2) is 124 Å². The molecule has 11 heteroatoms. The maximum absolute atomic E-state index is 13.5. The number of hydrogen-bond acceptors (Lipinski definition) is 8. The summed E-state index contributed by atoms with van der Waals surface area (Å²) >= 11 is 1.35. The quantitative estimate of drug-likeness (QED) is 0.105. The van der Waals surface area contributed by atoms with Crippen molar-refractivity contribution >= 4 is 46.9 Å². The molecule has 1 aliphatic rings. The summed E-state index contributed by atoms with van der Waals surface area (Å²) in [5, 5.41) is 8.39. The summed E-state index contributed by atoms with van der Waals surface area (Å²) in [5.74, 6) is 1.77. The lowest BCUT2D eigenvalue weighted by Crippen LogP contribution is -2.30. The standard InChI is InChI=1S/C36H29N3O7S/c1-43-30-10-6-5-9-28(30)31-18-14-26(46-31)20-29(39-35(41)23-7-3-2-4-8-23)36(42)38-24-11-15-27(16-12-24)47-21-34(40)37-25-13-17-32-33(19-25)45-22-44-32/h2-20H,21-22H2,1H3,(H,37,40)(H,38,42)(H,39,41)/b29-20-. The van der Waals surface area contributed by atoms with Gasteiger partial charge in [0, 0.05) is 34.0 Å². The van der Waals surface area contributed by atoms with Gasteiger partial charge in [0.15, 0.2) is 11.5 Å². The summed E-state index contributed by atoms with van der Waals surface area (Å²) in [6.45, 7) is 0.161. The van der Waals surface area contributed by atoms with Crippen LogP contribution in [0.5, 0.6) is 17.2 Å². The number of methoxy groups -OCH3 is 1. The normalized spacial score (nSPS) is 11.9. The number of ether oxygens (including phenoxy) is 3. The van der Waals surface area contributed by atoms with Gasteiger partial charge in [-0.05, 0) is 72.8 Å². The van der Waals surface area contributed by atoms with Gasteiger partial charge in [0.05, 0.1) is 18.4 Å². The molecule has 3 N–H and O–H groups in total. The molecule has 0 unspecified atom stereocenters. The number of rotatable bonds is 11. The van der Waals surface area contributed by atoms with Crippen LogP contribution in [-0.4, -0.2) is 37.4 Å². The molecule has 0 bridgehead atoms. The van der Waals surface area contributed by atoms with Crippen molar-refractivity contribution in [3.05, 3.63) is 126 Å². The van der Waals surface area contributed by atoms with Crippen LogP contribution in [0, 0.1) is 0 Å². The molecule has 5 aromatic rings. The van der Waals surface area contributed by atoms with Crippen LogP contribution in [0.1, 0.15) is 16.1 Å². The third-order valence-corrected chi connectivity index (χ3v) is 7.97. The van der Waals surface area contributed by atoms with Gasteiger partial charge >= 0.3 is 0 Å². The van der Waals surface area contributed by atoms with Gasteiger partial charge in [-0.25, -0.2) is 0 Å². The highest BCUT2D eigenvalue weighted by Gasteiger charge is 2.18. The van der Waals surface area contributed by atoms with Crippen LogP contribution in [-0.2, 0) is 9.59 Å². The number of carbonyl (C=O) groups excluding carboxylic acids is 3. The first-order chi connectivity index (χ1) is 22.9. The fraction of sp³-hybridized carbons (Fsp3) is 0.0833. The van der Waals surface area contributed by atoms with E-state index in [1.54, 1.807) is 92.0 Å². The number of anilines is 2. The Labute approximate surface area is 274 Å². The second kappa shape index (κ2) is 14.4. The van der Waals surface area contributed by atoms with E-state index in [0.29, 0.717) is 45.7 Å². The summed E-state index contributed by atoms with van der Waals surface area (Å²) in [4.78, 5) is 39.8. The molecule has 4 aromatic carbocycles. The number of para-hydroxylation sites is 1. The highest BCUT2D eigenvalue weighted by Crippen LogP contribution is 2.34. The fourth-order valence-electron chi connectivity index (χ4n) is 4.66. The largest absolute Gasteiger partial charge is 0.496 e. The Kier molecular flexibility index (Phi) is 9.54. The van der Waals surface area contributed by atoms with Gasteiger partial charge in [0.2, 0.25) is 12.7 Å². The Morgan fingerprint density at radius 1 is 0.809 bits per heavy atom. The number of amides is 3. The predicted octanol–water partition coefficient (Wildman–Crippen LogP) is 6.82. The molecule has 10 nitrogen and oxygen atoms in total. The second-order valence-electron chi connectivity index (χ2n) is 10.2. The van der Waals surface area contributed by atoms with E-state index < -0.39 is 11.8 Å². The molecule has 0 atom stereocenters. The van der Waals surface area contributed by atoms with E-state index in [9.17, 15) is 14.4 Å². The molecule has 3 amide bonds. The minimum Gasteiger partial charge on any atom is -0.496 e. The summed E-state index contributed by atoms with van der Waals surface area (Å²) in [5.41, 5.74) is 2.24. The molecule has 0 spiro atoms. The van der Waals surface area contributed by atoms with Crippen LogP contribution in [0.25, 0.3) is 17.4 Å². The highest BCUT2D eigenvalue weighted by atomic mass is 32.2. The monoisotopic (exact) mass is 647 g/mol. The van der Waals surface area contributed by atoms with Crippen molar-refractivity contribution in [2.24, 2.45) is 0 Å². The van der Waals surface area contributed by atoms with Crippen LogP contribution in [0.2, 0.25) is 0 Å². The van der Waals surface area contributed by atoms with E-state index in [1.807, 2.05) is 24.3 Å². The smallest absolute Gasteiger partial charge is 0.272 e. The SMILES string of the molecule is COc1ccccc1-c1ccc(/C=C(\NC(=O)c2ccccc2)C(=O)Nc2ccc(SCC(=O)Nc3ccc4c(c3)OCO4)cc2)o1. The number of furan rings is 1. The van der Waals surface area contributed by atoms with Gasteiger partial charge in [0.25, 0.3) is 11.8 Å². The first-order valence-electron chi connectivity index (χ1n) is 14.5. The average Bonchev–Trinajstić information content (AvgIpc) is 3.77. The zero-order valence-corrected chi connectivity index (χ0v) is 26.0. The summed E-state index contributed by atoms with van der Waals surface area (Å²) < 4.78 is 22.1. The zero-order chi connectivity index (χ0) is 32.6. The molecule has 6 rings (SSSR count). The Morgan fingerprint density at radius 2 is 1.55 bits per heavy atom. The minimum atomic E-state index is -0.548. The van der Waals surface area contributed by atoms with E-state index in [0.717, 1.165) is 10.5 Å². The first-order valence-corrected chi connectivity index (χ1v) is 15.5. The van der Waals surface area contributed by atoms with Crippen LogP contribution in [0.4, 0.5) is 11.4 Å². The Morgan fingerprint density at radius 3 is 2.36 bits per heavy atom. The summed E-state index contributed by atoms with van der Waals surface area (Å²) in [7, 11) is 1.58. The fourth-order valence-corrected chi connectivity index (χ4v) is 5.36. The molecule has 1 aromatic heterocycles. The second-order valence-corrected chi connectivity index (χ2v) is 11.2. The minimum absolute atomic E-state index is 0.0154. The number of carbonyl (C=O) groups is 3. The molecule has 0 radical (unpaired) electrons. The molecule has 2 heterocycles. The molecular formula is C36H29N3O7S. The van der Waals surface area contributed by atoms with Crippen molar-refractivity contribution in [1.82, 2.24) is 5.32 Å². The number of thioether (sulfide) groups is 1. The molecule has 47 heavy (non-hydrogen) atoms. The Balaban J connectivity index is 1.12. The number of fused-ring (bicyclic) bond motifs is 1. The molecule has 0 saturated carbocycles. The van der Waals surface area contributed by atoms with Crippen molar-refractivity contribution < 1.29 is 33.0 Å². The van der Waals surface area contributed by atoms with Gasteiger partial charge in [0.1, 0.15) is 23.0 Å². The van der Waals surface area contributed by atoms with Crippen molar-refractivity contribution in [2.45, 2.75) is 4.90 Å². The molecule has 0 saturated heterocycles. The van der Waals surface area contributed by atoms with E-state index in [2.05, 4.69) is 16.0 Å². The van der Waals surface area contributed by atoms with E-state index in [-0.39, 0.29) is 24.2 Å². The van der Waals surface area contributed by atoms with Crippen molar-refractivity contribution in [2.75, 3.05) is 30.3 Å². The van der Waals surface area contributed by atoms with E-state index >= 15 is 0 Å². The summed E-state index contributed by atoms with van der Waals surface area (Å²) in [6.07, 6.45) is 1.47. The van der Waals surface area contributed by atoms with Crippen molar-refractivity contribution in [3.63, 3.8) is 0 Å². The van der Waals surface area contributed by atoms with E-state index in [4.69, 9.17) is 18.6 Å². The third kappa shape index (κ3) is 7.84. The molecule has 0 aliphatic carbocycles. The van der Waals surface area contributed by atoms with Crippen molar-refractivity contribution in [3.8, 4) is 28.6 Å². The van der Waals surface area contributed by atoms with Crippen molar-refractivity contribution in [1.29, 1.82) is 0 Å². The predicted molar refractivity (Wildman–Crippen MR) is 180 cm³/mol. The van der Waals surface area contributed by atoms with Gasteiger partial charge in [-0.2, -0.15) is 0 Å². The van der Waals surface area contributed by atoms with E-state index in [1.165, 1.54) is 17.8 Å². The summed E-state index contributed by atoms with van der Waals surface area (Å²) in [6, 6.07) is 31.8. The lowest BCUT2D eigenvalue weighted by molar-refractivity contribution is -0.114. The lowest BCUT2D eigenvalue weighted by Gasteiger charge is -2.11. The number of benzene rings is 4. The maximum atomic E-state index is 13.5. The topological polar surface area (TPSA) is 128 Å². The number of hydrogen-bond donors (Lipinski definition) is 3. The van der Waals surface area contributed by atoms with Crippen LogP contribution >= 0.6 is 11.8 Å². The highest BCUT2D eigenvalue weighted by molar-refractivity contribution is 8.00. The zero-order valence-electron chi connectivity index (χ0n) is 25.1. The maximum Gasteiger partial charge on any atom is 0.272 e. The van der Waals surface area contributed by atoms with Gasteiger partial charge in [-0.3, -0.25) is 14.4 Å². The van der Waals surface area contributed by atoms with Gasteiger partial charge < -0.3 is 34.6 Å².